The summed E-state index contributed by atoms with van der Waals surface area (Å²) in [6.45, 7) is 0. The molecule has 0 aromatic rings. The minimum absolute atomic E-state index is 0.819. The van der Waals surface area contributed by atoms with Gasteiger partial charge in [-0.1, -0.05) is 15.9 Å². The quantitative estimate of drug-likeness (QED) is 0.566. The lowest BCUT2D eigenvalue weighted by Gasteiger charge is -2.06. The van der Waals surface area contributed by atoms with Crippen molar-refractivity contribution < 1.29 is 0 Å². The molecule has 0 radical (unpaired) electrons. The van der Waals surface area contributed by atoms with Crippen LogP contribution in [0.25, 0.3) is 0 Å². The van der Waals surface area contributed by atoms with Gasteiger partial charge in [-0.05, 0) is 37.0 Å². The molecule has 0 atom stereocenters. The zero-order chi connectivity index (χ0) is 5.61. The zero-order valence-corrected chi connectivity index (χ0v) is 6.58. The van der Waals surface area contributed by atoms with Crippen LogP contribution < -0.4 is 0 Å². The van der Waals surface area contributed by atoms with E-state index in [-0.39, 0.29) is 0 Å². The Bertz CT molecular complexity index is 101. The topological polar surface area (TPSA) is 0 Å². The van der Waals surface area contributed by atoms with Crippen LogP contribution in [0.1, 0.15) is 25.7 Å². The Balaban J connectivity index is 1.99. The summed E-state index contributed by atoms with van der Waals surface area (Å²) < 4.78 is 0. The van der Waals surface area contributed by atoms with Crippen molar-refractivity contribution >= 4 is 15.9 Å². The molecular weight excluding hydrogens is 164 g/mol. The van der Waals surface area contributed by atoms with Gasteiger partial charge in [0.25, 0.3) is 0 Å². The molecule has 0 aromatic carbocycles. The first-order valence-electron chi connectivity index (χ1n) is 3.43. The smallest absolute Gasteiger partial charge is 0.00906 e. The van der Waals surface area contributed by atoms with E-state index in [1.807, 2.05) is 0 Å². The van der Waals surface area contributed by atoms with Crippen LogP contribution in [-0.2, 0) is 0 Å². The molecule has 46 valence electrons. The first-order chi connectivity index (χ1) is 3.87. The average Bonchev–Trinajstić information content (AvgIpc) is 2.63. The van der Waals surface area contributed by atoms with Gasteiger partial charge in [0.15, 0.2) is 0 Å². The van der Waals surface area contributed by atoms with Crippen molar-refractivity contribution in [3.05, 3.63) is 0 Å². The van der Waals surface area contributed by atoms with Gasteiger partial charge in [0, 0.05) is 5.33 Å². The fourth-order valence-corrected chi connectivity index (χ4v) is 2.53. The SMILES string of the molecule is BrCC1(C2CC2)CC1. The average molecular weight is 175 g/mol. The van der Waals surface area contributed by atoms with Crippen molar-refractivity contribution in [1.82, 2.24) is 0 Å². The van der Waals surface area contributed by atoms with Gasteiger partial charge in [0.2, 0.25) is 0 Å². The Kier molecular flexibility index (Phi) is 0.989. The van der Waals surface area contributed by atoms with E-state index < -0.39 is 0 Å². The molecular formula is C7H11Br. The van der Waals surface area contributed by atoms with Gasteiger partial charge < -0.3 is 0 Å². The fraction of sp³-hybridized carbons (Fsp3) is 1.00. The van der Waals surface area contributed by atoms with Crippen molar-refractivity contribution in [1.29, 1.82) is 0 Å². The molecule has 8 heavy (non-hydrogen) atoms. The maximum Gasteiger partial charge on any atom is 0.00906 e. The lowest BCUT2D eigenvalue weighted by atomic mass is 10.0. The third-order valence-electron chi connectivity index (χ3n) is 2.60. The normalized spacial score (nSPS) is 32.6. The van der Waals surface area contributed by atoms with E-state index in [2.05, 4.69) is 15.9 Å². The Hall–Kier alpha value is 0.480. The number of rotatable bonds is 2. The van der Waals surface area contributed by atoms with E-state index in [0.717, 1.165) is 11.3 Å². The van der Waals surface area contributed by atoms with Crippen LogP contribution in [0.2, 0.25) is 0 Å². The van der Waals surface area contributed by atoms with Crippen molar-refractivity contribution in [3.8, 4) is 0 Å². The summed E-state index contributed by atoms with van der Waals surface area (Å²) in [5.41, 5.74) is 0.819. The highest BCUT2D eigenvalue weighted by molar-refractivity contribution is 9.09. The molecule has 2 aliphatic carbocycles. The number of hydrogen-bond donors (Lipinski definition) is 0. The second kappa shape index (κ2) is 1.50. The van der Waals surface area contributed by atoms with E-state index in [0.29, 0.717) is 0 Å². The third kappa shape index (κ3) is 0.637. The van der Waals surface area contributed by atoms with Gasteiger partial charge in [0.05, 0.1) is 0 Å². The third-order valence-corrected chi connectivity index (χ3v) is 3.72. The molecule has 2 saturated carbocycles. The number of alkyl halides is 1. The molecule has 0 bridgehead atoms. The van der Waals surface area contributed by atoms with Crippen LogP contribution in [0.3, 0.4) is 0 Å². The van der Waals surface area contributed by atoms with Gasteiger partial charge in [-0.15, -0.1) is 0 Å². The van der Waals surface area contributed by atoms with Crippen LogP contribution in [0, 0.1) is 11.3 Å². The largest absolute Gasteiger partial charge is 0.0922 e. The minimum Gasteiger partial charge on any atom is -0.0922 e. The van der Waals surface area contributed by atoms with Crippen molar-refractivity contribution in [2.75, 3.05) is 5.33 Å². The lowest BCUT2D eigenvalue weighted by molar-refractivity contribution is 0.505. The number of halogens is 1. The summed E-state index contributed by atoms with van der Waals surface area (Å²) in [4.78, 5) is 0. The Morgan fingerprint density at radius 2 is 2.00 bits per heavy atom. The molecule has 0 aromatic heterocycles. The number of hydrogen-bond acceptors (Lipinski definition) is 0. The summed E-state index contributed by atoms with van der Waals surface area (Å²) >= 11 is 3.57. The first kappa shape index (κ1) is 5.28. The molecule has 0 saturated heterocycles. The Labute approximate surface area is 58.8 Å². The highest BCUT2D eigenvalue weighted by atomic mass is 79.9. The summed E-state index contributed by atoms with van der Waals surface area (Å²) in [6, 6.07) is 0. The molecule has 2 aliphatic rings. The second-order valence-electron chi connectivity index (χ2n) is 3.27. The van der Waals surface area contributed by atoms with Crippen LogP contribution in [0.15, 0.2) is 0 Å². The molecule has 2 fully saturated rings. The highest BCUT2D eigenvalue weighted by Crippen LogP contribution is 2.61. The molecule has 0 nitrogen and oxygen atoms in total. The predicted octanol–water partition coefficient (Wildman–Crippen LogP) is 2.57. The first-order valence-corrected chi connectivity index (χ1v) is 4.55. The summed E-state index contributed by atoms with van der Waals surface area (Å²) in [7, 11) is 0. The predicted molar refractivity (Wildman–Crippen MR) is 38.2 cm³/mol. The monoisotopic (exact) mass is 174 g/mol. The van der Waals surface area contributed by atoms with Gasteiger partial charge in [-0.2, -0.15) is 0 Å². The van der Waals surface area contributed by atoms with E-state index >= 15 is 0 Å². The van der Waals surface area contributed by atoms with Crippen LogP contribution in [-0.4, -0.2) is 5.33 Å². The zero-order valence-electron chi connectivity index (χ0n) is 4.99. The molecule has 0 heterocycles. The van der Waals surface area contributed by atoms with E-state index in [9.17, 15) is 0 Å². The highest BCUT2D eigenvalue weighted by Gasteiger charge is 2.52. The maximum absolute atomic E-state index is 3.57. The molecule has 0 N–H and O–H groups in total. The Morgan fingerprint density at radius 1 is 1.38 bits per heavy atom. The molecule has 1 heteroatoms. The maximum atomic E-state index is 3.57. The summed E-state index contributed by atoms with van der Waals surface area (Å²) in [5.74, 6) is 1.13. The minimum atomic E-state index is 0.819. The van der Waals surface area contributed by atoms with E-state index in [4.69, 9.17) is 0 Å². The van der Waals surface area contributed by atoms with Crippen LogP contribution in [0.5, 0.6) is 0 Å². The fourth-order valence-electron chi connectivity index (χ4n) is 1.51. The van der Waals surface area contributed by atoms with Crippen LogP contribution >= 0.6 is 15.9 Å². The Morgan fingerprint density at radius 3 is 2.12 bits per heavy atom. The molecule has 0 unspecified atom stereocenters. The van der Waals surface area contributed by atoms with Crippen molar-refractivity contribution in [2.24, 2.45) is 11.3 Å². The van der Waals surface area contributed by atoms with Gasteiger partial charge in [-0.3, -0.25) is 0 Å². The van der Waals surface area contributed by atoms with Crippen molar-refractivity contribution in [2.45, 2.75) is 25.7 Å². The van der Waals surface area contributed by atoms with Gasteiger partial charge >= 0.3 is 0 Å². The molecule has 0 amide bonds. The molecule has 2 rings (SSSR count). The van der Waals surface area contributed by atoms with Crippen molar-refractivity contribution in [3.63, 3.8) is 0 Å². The van der Waals surface area contributed by atoms with Crippen LogP contribution in [0.4, 0.5) is 0 Å². The second-order valence-corrected chi connectivity index (χ2v) is 3.83. The molecule has 0 spiro atoms. The van der Waals surface area contributed by atoms with Gasteiger partial charge in [-0.25, -0.2) is 0 Å². The van der Waals surface area contributed by atoms with Gasteiger partial charge in [0.1, 0.15) is 0 Å². The van der Waals surface area contributed by atoms with E-state index in [1.165, 1.54) is 31.0 Å². The summed E-state index contributed by atoms with van der Waals surface area (Å²) in [6.07, 6.45) is 6.04. The lowest BCUT2D eigenvalue weighted by Crippen LogP contribution is -2.02. The summed E-state index contributed by atoms with van der Waals surface area (Å²) in [5, 5.41) is 1.27. The van der Waals surface area contributed by atoms with E-state index in [1.54, 1.807) is 0 Å². The molecule has 0 aliphatic heterocycles. The standard InChI is InChI=1S/C7H11Br/c8-5-7(3-4-7)6-1-2-6/h6H,1-5H2.